The second-order valence-corrected chi connectivity index (χ2v) is 5.33. The average molecular weight is 240 g/mol. The minimum Gasteiger partial charge on any atom is -0.376 e. The first-order valence-electron chi connectivity index (χ1n) is 6.89. The number of hydrogen-bond donors (Lipinski definition) is 2. The molecule has 1 amide bonds. The largest absolute Gasteiger partial charge is 0.376 e. The van der Waals surface area contributed by atoms with Crippen LogP contribution in [0.5, 0.6) is 0 Å². The topological polar surface area (TPSA) is 64.4 Å². The molecule has 1 atom stereocenters. The van der Waals surface area contributed by atoms with Gasteiger partial charge in [-0.3, -0.25) is 4.79 Å². The molecule has 2 saturated carbocycles. The van der Waals surface area contributed by atoms with Crippen molar-refractivity contribution in [1.29, 1.82) is 0 Å². The van der Waals surface area contributed by atoms with E-state index in [9.17, 15) is 4.79 Å². The maximum atomic E-state index is 11.5. The summed E-state index contributed by atoms with van der Waals surface area (Å²) in [5.74, 6) is 0.662. The molecule has 0 aliphatic heterocycles. The molecule has 0 spiro atoms. The zero-order chi connectivity index (χ0) is 12.1. The first kappa shape index (κ1) is 12.8. The molecule has 17 heavy (non-hydrogen) atoms. The summed E-state index contributed by atoms with van der Waals surface area (Å²) in [6, 6.07) is 0.0609. The summed E-state index contributed by atoms with van der Waals surface area (Å²) in [7, 11) is 0. The molecule has 2 aliphatic rings. The molecule has 98 valence electrons. The van der Waals surface area contributed by atoms with E-state index in [1.165, 1.54) is 38.5 Å². The van der Waals surface area contributed by atoms with E-state index >= 15 is 0 Å². The van der Waals surface area contributed by atoms with E-state index in [-0.39, 0.29) is 11.9 Å². The van der Waals surface area contributed by atoms with Crippen LogP contribution in [0.1, 0.15) is 44.9 Å². The Morgan fingerprint density at radius 1 is 1.29 bits per heavy atom. The lowest BCUT2D eigenvalue weighted by Gasteiger charge is -2.13. The van der Waals surface area contributed by atoms with Crippen molar-refractivity contribution >= 4 is 5.91 Å². The number of nitrogens with one attached hydrogen (secondary N) is 1. The molecular weight excluding hydrogens is 216 g/mol. The number of nitrogens with two attached hydrogens (primary N) is 1. The molecule has 0 radical (unpaired) electrons. The molecule has 0 saturated heterocycles. The van der Waals surface area contributed by atoms with Gasteiger partial charge in [-0.1, -0.05) is 12.8 Å². The molecule has 1 unspecified atom stereocenters. The number of rotatable bonds is 7. The Balaban J connectivity index is 1.47. The van der Waals surface area contributed by atoms with Gasteiger partial charge >= 0.3 is 0 Å². The van der Waals surface area contributed by atoms with E-state index in [2.05, 4.69) is 5.32 Å². The molecule has 0 aromatic heterocycles. The van der Waals surface area contributed by atoms with Crippen molar-refractivity contribution in [2.24, 2.45) is 11.7 Å². The Bertz CT molecular complexity index is 248. The van der Waals surface area contributed by atoms with E-state index in [1.807, 2.05) is 0 Å². The lowest BCUT2D eigenvalue weighted by Crippen LogP contribution is -2.34. The van der Waals surface area contributed by atoms with Gasteiger partial charge in [0.05, 0.1) is 12.7 Å². The summed E-state index contributed by atoms with van der Waals surface area (Å²) in [6.45, 7) is 1.25. The zero-order valence-corrected chi connectivity index (χ0v) is 10.5. The van der Waals surface area contributed by atoms with Gasteiger partial charge in [-0.05, 0) is 31.6 Å². The summed E-state index contributed by atoms with van der Waals surface area (Å²) in [5.41, 5.74) is 5.89. The number of hydrogen-bond acceptors (Lipinski definition) is 3. The fourth-order valence-electron chi connectivity index (χ4n) is 2.45. The quantitative estimate of drug-likeness (QED) is 0.657. The van der Waals surface area contributed by atoms with Crippen LogP contribution in [0, 0.1) is 5.92 Å². The Hall–Kier alpha value is -0.610. The highest BCUT2D eigenvalue weighted by Gasteiger charge is 2.29. The lowest BCUT2D eigenvalue weighted by molar-refractivity contribution is -0.121. The fourth-order valence-corrected chi connectivity index (χ4v) is 2.45. The fraction of sp³-hybridized carbons (Fsp3) is 0.923. The Labute approximate surface area is 103 Å². The molecule has 0 aromatic rings. The van der Waals surface area contributed by atoms with E-state index in [1.54, 1.807) is 0 Å². The third-order valence-corrected chi connectivity index (χ3v) is 3.73. The Morgan fingerprint density at radius 3 is 2.65 bits per heavy atom. The van der Waals surface area contributed by atoms with Crippen LogP contribution in [0.4, 0.5) is 0 Å². The monoisotopic (exact) mass is 240 g/mol. The van der Waals surface area contributed by atoms with Gasteiger partial charge in [0.2, 0.25) is 5.91 Å². The van der Waals surface area contributed by atoms with Gasteiger partial charge in [-0.25, -0.2) is 0 Å². The number of carbonyl (C=O) groups is 1. The van der Waals surface area contributed by atoms with Crippen molar-refractivity contribution in [3.8, 4) is 0 Å². The molecule has 4 nitrogen and oxygen atoms in total. The maximum Gasteiger partial charge on any atom is 0.221 e. The average Bonchev–Trinajstić information content (AvgIpc) is 3.03. The summed E-state index contributed by atoms with van der Waals surface area (Å²) in [5, 5.41) is 2.88. The van der Waals surface area contributed by atoms with Crippen molar-refractivity contribution < 1.29 is 9.53 Å². The molecule has 2 fully saturated rings. The van der Waals surface area contributed by atoms with Crippen molar-refractivity contribution in [2.45, 2.75) is 57.1 Å². The molecule has 0 aromatic carbocycles. The van der Waals surface area contributed by atoms with Crippen LogP contribution in [0.2, 0.25) is 0 Å². The highest BCUT2D eigenvalue weighted by atomic mass is 16.5. The second-order valence-electron chi connectivity index (χ2n) is 5.33. The van der Waals surface area contributed by atoms with Crippen molar-refractivity contribution in [3.63, 3.8) is 0 Å². The minimum absolute atomic E-state index is 0.0609. The summed E-state index contributed by atoms with van der Waals surface area (Å²) < 4.78 is 5.67. The van der Waals surface area contributed by atoms with Crippen LogP contribution < -0.4 is 11.1 Å². The third kappa shape index (κ3) is 4.64. The van der Waals surface area contributed by atoms with E-state index in [4.69, 9.17) is 10.5 Å². The predicted molar refractivity (Wildman–Crippen MR) is 66.5 cm³/mol. The summed E-state index contributed by atoms with van der Waals surface area (Å²) in [4.78, 5) is 11.5. The maximum absolute atomic E-state index is 11.5. The predicted octanol–water partition coefficient (Wildman–Crippen LogP) is 1.19. The van der Waals surface area contributed by atoms with Crippen LogP contribution in [-0.4, -0.2) is 31.2 Å². The van der Waals surface area contributed by atoms with E-state index in [0.29, 0.717) is 31.6 Å². The highest BCUT2D eigenvalue weighted by Crippen LogP contribution is 2.32. The normalized spacial score (nSPS) is 22.6. The second kappa shape index (κ2) is 6.36. The van der Waals surface area contributed by atoms with Gasteiger partial charge in [-0.15, -0.1) is 0 Å². The molecule has 4 heteroatoms. The molecular formula is C13H24N2O2. The minimum atomic E-state index is 0.0609. The number of amides is 1. The standard InChI is InChI=1S/C13H24N2O2/c14-12(10-5-6-10)9-13(16)15-7-8-17-11-3-1-2-4-11/h10-12H,1-9,14H2,(H,15,16). The van der Waals surface area contributed by atoms with Gasteiger partial charge in [0, 0.05) is 19.0 Å². The van der Waals surface area contributed by atoms with Crippen LogP contribution in [0.3, 0.4) is 0 Å². The van der Waals surface area contributed by atoms with Gasteiger partial charge < -0.3 is 15.8 Å². The van der Waals surface area contributed by atoms with Gasteiger partial charge in [-0.2, -0.15) is 0 Å². The molecule has 0 bridgehead atoms. The van der Waals surface area contributed by atoms with Crippen molar-refractivity contribution in [3.05, 3.63) is 0 Å². The van der Waals surface area contributed by atoms with Crippen LogP contribution in [0.25, 0.3) is 0 Å². The van der Waals surface area contributed by atoms with Crippen molar-refractivity contribution in [1.82, 2.24) is 5.32 Å². The highest BCUT2D eigenvalue weighted by molar-refractivity contribution is 5.76. The van der Waals surface area contributed by atoms with Gasteiger partial charge in [0.25, 0.3) is 0 Å². The zero-order valence-electron chi connectivity index (χ0n) is 10.5. The SMILES string of the molecule is NC(CC(=O)NCCOC1CCCC1)C1CC1. The smallest absolute Gasteiger partial charge is 0.221 e. The third-order valence-electron chi connectivity index (χ3n) is 3.73. The van der Waals surface area contributed by atoms with Gasteiger partial charge in [0.1, 0.15) is 0 Å². The van der Waals surface area contributed by atoms with Crippen LogP contribution in [0.15, 0.2) is 0 Å². The van der Waals surface area contributed by atoms with Gasteiger partial charge in [0.15, 0.2) is 0 Å². The lowest BCUT2D eigenvalue weighted by atomic mass is 10.1. The molecule has 3 N–H and O–H groups in total. The summed E-state index contributed by atoms with van der Waals surface area (Å²) >= 11 is 0. The number of carbonyl (C=O) groups excluding carboxylic acids is 1. The molecule has 0 heterocycles. The molecule has 2 aliphatic carbocycles. The van der Waals surface area contributed by atoms with Crippen molar-refractivity contribution in [2.75, 3.05) is 13.2 Å². The number of ether oxygens (including phenoxy) is 1. The van der Waals surface area contributed by atoms with E-state index < -0.39 is 0 Å². The van der Waals surface area contributed by atoms with Crippen LogP contribution >= 0.6 is 0 Å². The first-order chi connectivity index (χ1) is 8.25. The Kier molecular flexibility index (Phi) is 4.80. The Morgan fingerprint density at radius 2 is 2.00 bits per heavy atom. The summed E-state index contributed by atoms with van der Waals surface area (Å²) in [6.07, 6.45) is 8.22. The van der Waals surface area contributed by atoms with Crippen LogP contribution in [-0.2, 0) is 9.53 Å². The van der Waals surface area contributed by atoms with E-state index in [0.717, 1.165) is 0 Å². The first-order valence-corrected chi connectivity index (χ1v) is 6.89. The molecule has 2 rings (SSSR count).